The first kappa shape index (κ1) is 13.5. The predicted molar refractivity (Wildman–Crippen MR) is 84.9 cm³/mol. The SMILES string of the molecule is COc1ccccc1Oc1ccc(CN)c2ccccc12. The summed E-state index contributed by atoms with van der Waals surface area (Å²) in [6, 6.07) is 19.7. The van der Waals surface area contributed by atoms with Crippen molar-refractivity contribution in [2.75, 3.05) is 7.11 Å². The van der Waals surface area contributed by atoms with Gasteiger partial charge < -0.3 is 15.2 Å². The Labute approximate surface area is 123 Å². The maximum atomic E-state index is 6.05. The molecule has 0 saturated heterocycles. The van der Waals surface area contributed by atoms with Gasteiger partial charge in [-0.1, -0.05) is 42.5 Å². The zero-order valence-corrected chi connectivity index (χ0v) is 11.9. The summed E-state index contributed by atoms with van der Waals surface area (Å²) in [5.74, 6) is 2.21. The smallest absolute Gasteiger partial charge is 0.169 e. The molecule has 0 heterocycles. The number of ether oxygens (including phenoxy) is 2. The average molecular weight is 279 g/mol. The van der Waals surface area contributed by atoms with Crippen LogP contribution in [-0.4, -0.2) is 7.11 Å². The molecular formula is C18H17NO2. The molecule has 21 heavy (non-hydrogen) atoms. The van der Waals surface area contributed by atoms with Gasteiger partial charge in [-0.05, 0) is 29.1 Å². The van der Waals surface area contributed by atoms with Gasteiger partial charge in [-0.3, -0.25) is 0 Å². The van der Waals surface area contributed by atoms with Crippen molar-refractivity contribution in [3.63, 3.8) is 0 Å². The van der Waals surface area contributed by atoms with Gasteiger partial charge in [0.15, 0.2) is 11.5 Å². The minimum Gasteiger partial charge on any atom is -0.493 e. The molecule has 0 aliphatic heterocycles. The van der Waals surface area contributed by atoms with E-state index in [4.69, 9.17) is 15.2 Å². The number of para-hydroxylation sites is 2. The number of benzene rings is 3. The van der Waals surface area contributed by atoms with E-state index in [0.717, 1.165) is 22.1 Å². The highest BCUT2D eigenvalue weighted by molar-refractivity contribution is 5.91. The van der Waals surface area contributed by atoms with E-state index in [1.807, 2.05) is 54.6 Å². The molecule has 0 unspecified atom stereocenters. The van der Waals surface area contributed by atoms with Crippen LogP contribution in [0.25, 0.3) is 10.8 Å². The molecule has 106 valence electrons. The summed E-state index contributed by atoms with van der Waals surface area (Å²) in [7, 11) is 1.64. The van der Waals surface area contributed by atoms with Crippen molar-refractivity contribution in [1.29, 1.82) is 0 Å². The van der Waals surface area contributed by atoms with Crippen molar-refractivity contribution in [2.45, 2.75) is 6.54 Å². The molecule has 0 atom stereocenters. The van der Waals surface area contributed by atoms with Crippen molar-refractivity contribution >= 4 is 10.8 Å². The molecule has 2 N–H and O–H groups in total. The third-order valence-electron chi connectivity index (χ3n) is 3.48. The Morgan fingerprint density at radius 1 is 0.762 bits per heavy atom. The van der Waals surface area contributed by atoms with E-state index in [-0.39, 0.29) is 0 Å². The van der Waals surface area contributed by atoms with E-state index in [1.54, 1.807) is 7.11 Å². The largest absolute Gasteiger partial charge is 0.493 e. The Bertz CT molecular complexity index is 768. The lowest BCUT2D eigenvalue weighted by Crippen LogP contribution is -1.98. The van der Waals surface area contributed by atoms with Gasteiger partial charge >= 0.3 is 0 Å². The number of methoxy groups -OCH3 is 1. The van der Waals surface area contributed by atoms with Crippen LogP contribution in [0.15, 0.2) is 60.7 Å². The molecule has 0 fully saturated rings. The first-order valence-corrected chi connectivity index (χ1v) is 6.85. The molecule has 0 saturated carbocycles. The lowest BCUT2D eigenvalue weighted by Gasteiger charge is -2.13. The maximum Gasteiger partial charge on any atom is 0.169 e. The van der Waals surface area contributed by atoms with Crippen LogP contribution in [0.1, 0.15) is 5.56 Å². The molecule has 0 spiro atoms. The van der Waals surface area contributed by atoms with Crippen molar-refractivity contribution in [3.05, 3.63) is 66.2 Å². The topological polar surface area (TPSA) is 44.5 Å². The first-order valence-electron chi connectivity index (χ1n) is 6.85. The molecule has 0 aromatic heterocycles. The van der Waals surface area contributed by atoms with Gasteiger partial charge in [0.05, 0.1) is 7.11 Å². The van der Waals surface area contributed by atoms with Crippen molar-refractivity contribution < 1.29 is 9.47 Å². The minimum absolute atomic E-state index is 0.509. The van der Waals surface area contributed by atoms with Crippen LogP contribution in [0.4, 0.5) is 0 Å². The first-order chi connectivity index (χ1) is 10.3. The highest BCUT2D eigenvalue weighted by atomic mass is 16.5. The molecule has 3 rings (SSSR count). The number of rotatable bonds is 4. The highest BCUT2D eigenvalue weighted by Gasteiger charge is 2.09. The lowest BCUT2D eigenvalue weighted by atomic mass is 10.0. The Morgan fingerprint density at radius 3 is 2.14 bits per heavy atom. The van der Waals surface area contributed by atoms with Gasteiger partial charge in [0.2, 0.25) is 0 Å². The van der Waals surface area contributed by atoms with Crippen molar-refractivity contribution in [3.8, 4) is 17.2 Å². The van der Waals surface area contributed by atoms with Crippen LogP contribution in [0, 0.1) is 0 Å². The molecule has 3 heteroatoms. The monoisotopic (exact) mass is 279 g/mol. The summed E-state index contributed by atoms with van der Waals surface area (Å²) >= 11 is 0. The fraction of sp³-hybridized carbons (Fsp3) is 0.111. The van der Waals surface area contributed by atoms with Crippen LogP contribution in [0.5, 0.6) is 17.2 Å². The molecule has 0 bridgehead atoms. The zero-order chi connectivity index (χ0) is 14.7. The van der Waals surface area contributed by atoms with Gasteiger partial charge in [0, 0.05) is 11.9 Å². The normalized spacial score (nSPS) is 10.6. The van der Waals surface area contributed by atoms with Gasteiger partial charge in [0.25, 0.3) is 0 Å². The number of nitrogens with two attached hydrogens (primary N) is 1. The van der Waals surface area contributed by atoms with Crippen molar-refractivity contribution in [1.82, 2.24) is 0 Å². The Morgan fingerprint density at radius 2 is 1.43 bits per heavy atom. The fourth-order valence-corrected chi connectivity index (χ4v) is 2.42. The van der Waals surface area contributed by atoms with E-state index < -0.39 is 0 Å². The zero-order valence-electron chi connectivity index (χ0n) is 11.9. The van der Waals surface area contributed by atoms with Crippen LogP contribution < -0.4 is 15.2 Å². The number of hydrogen-bond acceptors (Lipinski definition) is 3. The lowest BCUT2D eigenvalue weighted by molar-refractivity contribution is 0.380. The second-order valence-electron chi connectivity index (χ2n) is 4.73. The van der Waals surface area contributed by atoms with E-state index in [9.17, 15) is 0 Å². The van der Waals surface area contributed by atoms with E-state index in [2.05, 4.69) is 6.07 Å². The van der Waals surface area contributed by atoms with Crippen LogP contribution in [0.3, 0.4) is 0 Å². The van der Waals surface area contributed by atoms with E-state index >= 15 is 0 Å². The predicted octanol–water partition coefficient (Wildman–Crippen LogP) is 4.10. The van der Waals surface area contributed by atoms with Gasteiger partial charge in [-0.2, -0.15) is 0 Å². The highest BCUT2D eigenvalue weighted by Crippen LogP contribution is 2.35. The van der Waals surface area contributed by atoms with E-state index in [0.29, 0.717) is 18.0 Å². The molecule has 0 amide bonds. The summed E-state index contributed by atoms with van der Waals surface area (Å²) < 4.78 is 11.4. The summed E-state index contributed by atoms with van der Waals surface area (Å²) in [6.45, 7) is 0.509. The summed E-state index contributed by atoms with van der Waals surface area (Å²) in [5, 5.41) is 2.17. The number of fused-ring (bicyclic) bond motifs is 1. The van der Waals surface area contributed by atoms with Crippen LogP contribution in [0.2, 0.25) is 0 Å². The van der Waals surface area contributed by atoms with Gasteiger partial charge in [-0.15, -0.1) is 0 Å². The minimum atomic E-state index is 0.509. The molecule has 0 aliphatic carbocycles. The van der Waals surface area contributed by atoms with Crippen LogP contribution in [-0.2, 0) is 6.54 Å². The molecular weight excluding hydrogens is 262 g/mol. The molecule has 3 nitrogen and oxygen atoms in total. The Kier molecular flexibility index (Phi) is 3.75. The van der Waals surface area contributed by atoms with Gasteiger partial charge in [-0.25, -0.2) is 0 Å². The summed E-state index contributed by atoms with van der Waals surface area (Å²) in [4.78, 5) is 0. The fourth-order valence-electron chi connectivity index (χ4n) is 2.42. The molecule has 0 radical (unpaired) electrons. The third-order valence-corrected chi connectivity index (χ3v) is 3.48. The quantitative estimate of drug-likeness (QED) is 0.782. The maximum absolute atomic E-state index is 6.05. The van der Waals surface area contributed by atoms with Gasteiger partial charge in [0.1, 0.15) is 5.75 Å². The standard InChI is InChI=1S/C18H17NO2/c1-20-17-8-4-5-9-18(17)21-16-11-10-13(12-19)14-6-2-3-7-15(14)16/h2-11H,12,19H2,1H3. The number of hydrogen-bond donors (Lipinski definition) is 1. The second-order valence-corrected chi connectivity index (χ2v) is 4.73. The molecule has 3 aromatic rings. The Balaban J connectivity index is 2.09. The Hall–Kier alpha value is -2.52. The molecule has 0 aliphatic rings. The summed E-state index contributed by atoms with van der Waals surface area (Å²) in [5.41, 5.74) is 6.91. The van der Waals surface area contributed by atoms with Crippen LogP contribution >= 0.6 is 0 Å². The van der Waals surface area contributed by atoms with E-state index in [1.165, 1.54) is 0 Å². The average Bonchev–Trinajstić information content (AvgIpc) is 2.55. The summed E-state index contributed by atoms with van der Waals surface area (Å²) in [6.07, 6.45) is 0. The second kappa shape index (κ2) is 5.85. The van der Waals surface area contributed by atoms with Crippen molar-refractivity contribution in [2.24, 2.45) is 5.73 Å². The third kappa shape index (κ3) is 2.56. The molecule has 3 aromatic carbocycles.